The molecule has 0 spiro atoms. The number of benzene rings is 1. The van der Waals surface area contributed by atoms with Gasteiger partial charge in [-0.15, -0.1) is 0 Å². The molecule has 0 saturated carbocycles. The molecule has 100 valence electrons. The van der Waals surface area contributed by atoms with Crippen LogP contribution in [0, 0.1) is 0 Å². The number of carbonyl (C=O) groups excluding carboxylic acids is 1. The maximum atomic E-state index is 11.8. The molecule has 1 rings (SSSR count). The lowest BCUT2D eigenvalue weighted by Crippen LogP contribution is -2.23. The Kier molecular flexibility index (Phi) is 4.94. The summed E-state index contributed by atoms with van der Waals surface area (Å²) >= 11 is 0. The predicted molar refractivity (Wildman–Crippen MR) is 74.9 cm³/mol. The highest BCUT2D eigenvalue weighted by Crippen LogP contribution is 2.21. The van der Waals surface area contributed by atoms with Crippen LogP contribution in [0.2, 0.25) is 0 Å². The molecule has 0 saturated heterocycles. The van der Waals surface area contributed by atoms with Crippen LogP contribution in [-0.4, -0.2) is 11.6 Å². The van der Waals surface area contributed by atoms with Crippen molar-refractivity contribution < 1.29 is 9.53 Å². The van der Waals surface area contributed by atoms with Gasteiger partial charge in [-0.3, -0.25) is 0 Å². The van der Waals surface area contributed by atoms with Crippen LogP contribution in [0.4, 0.5) is 0 Å². The average molecular weight is 248 g/mol. The van der Waals surface area contributed by atoms with Crippen molar-refractivity contribution in [1.29, 1.82) is 0 Å². The van der Waals surface area contributed by atoms with Crippen LogP contribution in [0.5, 0.6) is 0 Å². The summed E-state index contributed by atoms with van der Waals surface area (Å²) in [5.74, 6) is 0.292. The van der Waals surface area contributed by atoms with Gasteiger partial charge in [0.2, 0.25) is 0 Å². The van der Waals surface area contributed by atoms with E-state index in [-0.39, 0.29) is 5.97 Å². The number of carbonyl (C=O) groups is 1. The van der Waals surface area contributed by atoms with Crippen molar-refractivity contribution in [2.24, 2.45) is 0 Å². The molecule has 0 amide bonds. The Balaban J connectivity index is 2.74. The molecule has 2 nitrogen and oxygen atoms in total. The summed E-state index contributed by atoms with van der Waals surface area (Å²) in [7, 11) is 0. The van der Waals surface area contributed by atoms with Crippen molar-refractivity contribution in [3.8, 4) is 0 Å². The SMILES string of the molecule is CCCC(C)c1ccc(C(=O)OC(C)(C)C)cc1. The zero-order chi connectivity index (χ0) is 13.8. The highest BCUT2D eigenvalue weighted by molar-refractivity contribution is 5.89. The van der Waals surface area contributed by atoms with Gasteiger partial charge in [-0.2, -0.15) is 0 Å². The van der Waals surface area contributed by atoms with Crippen molar-refractivity contribution in [3.63, 3.8) is 0 Å². The Morgan fingerprint density at radius 3 is 2.22 bits per heavy atom. The van der Waals surface area contributed by atoms with Crippen molar-refractivity contribution in [1.82, 2.24) is 0 Å². The highest BCUT2D eigenvalue weighted by Gasteiger charge is 2.17. The third kappa shape index (κ3) is 4.52. The monoisotopic (exact) mass is 248 g/mol. The second-order valence-electron chi connectivity index (χ2n) is 5.81. The minimum atomic E-state index is -0.439. The molecular formula is C16H24O2. The quantitative estimate of drug-likeness (QED) is 0.731. The van der Waals surface area contributed by atoms with E-state index in [1.54, 1.807) is 0 Å². The largest absolute Gasteiger partial charge is 0.456 e. The minimum Gasteiger partial charge on any atom is -0.456 e. The molecule has 0 N–H and O–H groups in total. The minimum absolute atomic E-state index is 0.253. The van der Waals surface area contributed by atoms with Gasteiger partial charge in [0.1, 0.15) is 5.60 Å². The number of rotatable bonds is 4. The fourth-order valence-electron chi connectivity index (χ4n) is 1.88. The topological polar surface area (TPSA) is 26.3 Å². The molecule has 0 aliphatic carbocycles. The van der Waals surface area contributed by atoms with Gasteiger partial charge in [0.15, 0.2) is 0 Å². The van der Waals surface area contributed by atoms with Crippen LogP contribution in [0.3, 0.4) is 0 Å². The number of ether oxygens (including phenoxy) is 1. The van der Waals surface area contributed by atoms with Gasteiger partial charge in [-0.25, -0.2) is 4.79 Å². The lowest BCUT2D eigenvalue weighted by Gasteiger charge is -2.19. The Morgan fingerprint density at radius 2 is 1.78 bits per heavy atom. The number of hydrogen-bond donors (Lipinski definition) is 0. The molecule has 0 fully saturated rings. The van der Waals surface area contributed by atoms with Gasteiger partial charge < -0.3 is 4.74 Å². The van der Waals surface area contributed by atoms with Crippen molar-refractivity contribution >= 4 is 5.97 Å². The van der Waals surface area contributed by atoms with E-state index in [0.29, 0.717) is 11.5 Å². The van der Waals surface area contributed by atoms with Gasteiger partial charge in [-0.1, -0.05) is 32.4 Å². The van der Waals surface area contributed by atoms with Crippen molar-refractivity contribution in [3.05, 3.63) is 35.4 Å². The summed E-state index contributed by atoms with van der Waals surface area (Å²) < 4.78 is 5.33. The molecule has 1 atom stereocenters. The third-order valence-corrected chi connectivity index (χ3v) is 2.84. The van der Waals surface area contributed by atoms with E-state index in [4.69, 9.17) is 4.74 Å². The van der Waals surface area contributed by atoms with Crippen LogP contribution in [0.25, 0.3) is 0 Å². The lowest BCUT2D eigenvalue weighted by atomic mass is 9.96. The molecule has 1 aromatic rings. The highest BCUT2D eigenvalue weighted by atomic mass is 16.6. The van der Waals surface area contributed by atoms with Crippen molar-refractivity contribution in [2.45, 2.75) is 59.0 Å². The molecule has 0 aliphatic rings. The van der Waals surface area contributed by atoms with Crippen LogP contribution in [-0.2, 0) is 4.74 Å². The molecule has 0 aliphatic heterocycles. The Bertz CT molecular complexity index is 385. The van der Waals surface area contributed by atoms with Gasteiger partial charge in [-0.05, 0) is 50.8 Å². The first-order valence-corrected chi connectivity index (χ1v) is 6.67. The number of hydrogen-bond acceptors (Lipinski definition) is 2. The average Bonchev–Trinajstić information content (AvgIpc) is 2.27. The Hall–Kier alpha value is -1.31. The maximum absolute atomic E-state index is 11.8. The van der Waals surface area contributed by atoms with Crippen LogP contribution >= 0.6 is 0 Å². The predicted octanol–water partition coefficient (Wildman–Crippen LogP) is 4.55. The summed E-state index contributed by atoms with van der Waals surface area (Å²) in [6.07, 6.45) is 2.35. The van der Waals surface area contributed by atoms with Gasteiger partial charge >= 0.3 is 5.97 Å². The molecule has 0 aromatic heterocycles. The summed E-state index contributed by atoms with van der Waals surface area (Å²) in [6.45, 7) is 10.0. The number of esters is 1. The first-order chi connectivity index (χ1) is 8.33. The summed E-state index contributed by atoms with van der Waals surface area (Å²) in [5, 5.41) is 0. The third-order valence-electron chi connectivity index (χ3n) is 2.84. The lowest BCUT2D eigenvalue weighted by molar-refractivity contribution is 0.00695. The normalized spacial score (nSPS) is 13.2. The first-order valence-electron chi connectivity index (χ1n) is 6.67. The van der Waals surface area contributed by atoms with Gasteiger partial charge in [0.25, 0.3) is 0 Å². The molecule has 1 unspecified atom stereocenters. The van der Waals surface area contributed by atoms with Crippen LogP contribution in [0.1, 0.15) is 69.3 Å². The van der Waals surface area contributed by atoms with E-state index in [1.807, 2.05) is 45.0 Å². The molecule has 18 heavy (non-hydrogen) atoms. The molecule has 0 heterocycles. The molecule has 0 bridgehead atoms. The summed E-state index contributed by atoms with van der Waals surface area (Å²) in [6, 6.07) is 7.77. The van der Waals surface area contributed by atoms with E-state index < -0.39 is 5.60 Å². The second-order valence-corrected chi connectivity index (χ2v) is 5.81. The van der Waals surface area contributed by atoms with Crippen LogP contribution in [0.15, 0.2) is 24.3 Å². The molecule has 0 radical (unpaired) electrons. The smallest absolute Gasteiger partial charge is 0.338 e. The molecular weight excluding hydrogens is 224 g/mol. The second kappa shape index (κ2) is 6.03. The standard InChI is InChI=1S/C16H24O2/c1-6-7-12(2)13-8-10-14(11-9-13)15(17)18-16(3,4)5/h8-12H,6-7H2,1-5H3. The van der Waals surface area contributed by atoms with Crippen LogP contribution < -0.4 is 0 Å². The zero-order valence-electron chi connectivity index (χ0n) is 12.1. The molecule has 2 heteroatoms. The first kappa shape index (κ1) is 14.7. The Labute approximate surface area is 110 Å². The summed E-state index contributed by atoms with van der Waals surface area (Å²) in [4.78, 5) is 11.8. The fraction of sp³-hybridized carbons (Fsp3) is 0.562. The Morgan fingerprint density at radius 1 is 1.22 bits per heavy atom. The van der Waals surface area contributed by atoms with E-state index >= 15 is 0 Å². The van der Waals surface area contributed by atoms with Gasteiger partial charge in [0, 0.05) is 0 Å². The van der Waals surface area contributed by atoms with E-state index in [2.05, 4.69) is 13.8 Å². The van der Waals surface area contributed by atoms with E-state index in [0.717, 1.165) is 0 Å². The zero-order valence-corrected chi connectivity index (χ0v) is 12.1. The van der Waals surface area contributed by atoms with Gasteiger partial charge in [0.05, 0.1) is 5.56 Å². The summed E-state index contributed by atoms with van der Waals surface area (Å²) in [5.41, 5.74) is 1.46. The molecule has 1 aromatic carbocycles. The maximum Gasteiger partial charge on any atom is 0.338 e. The van der Waals surface area contributed by atoms with E-state index in [1.165, 1.54) is 18.4 Å². The van der Waals surface area contributed by atoms with Crippen molar-refractivity contribution in [2.75, 3.05) is 0 Å². The van der Waals surface area contributed by atoms with E-state index in [9.17, 15) is 4.79 Å². The fourth-order valence-corrected chi connectivity index (χ4v) is 1.88.